The zero-order valence-corrected chi connectivity index (χ0v) is 8.81. The lowest BCUT2D eigenvalue weighted by atomic mass is 9.96. The number of hydrogen-bond acceptors (Lipinski definition) is 2. The van der Waals surface area contributed by atoms with Crippen LogP contribution in [0.25, 0.3) is 0 Å². The molecular weight excluding hydrogens is 152 g/mol. The van der Waals surface area contributed by atoms with Crippen molar-refractivity contribution in [3.05, 3.63) is 0 Å². The fraction of sp³-hybridized carbons (Fsp3) is 0.900. The van der Waals surface area contributed by atoms with Crippen molar-refractivity contribution in [2.75, 3.05) is 0 Å². The highest BCUT2D eigenvalue weighted by atomic mass is 16.6. The Balaban J connectivity index is 0.000000561. The molecule has 0 aliphatic carbocycles. The monoisotopic (exact) mass is 172 g/mol. The van der Waals surface area contributed by atoms with E-state index in [4.69, 9.17) is 4.74 Å². The number of carbonyl (C=O) groups is 1. The van der Waals surface area contributed by atoms with E-state index < -0.39 is 0 Å². The van der Waals surface area contributed by atoms with Crippen molar-refractivity contribution >= 4 is 5.97 Å². The van der Waals surface area contributed by atoms with Gasteiger partial charge in [0.15, 0.2) is 0 Å². The van der Waals surface area contributed by atoms with Gasteiger partial charge in [-0.15, -0.1) is 0 Å². The van der Waals surface area contributed by atoms with Gasteiger partial charge >= 0.3 is 5.97 Å². The van der Waals surface area contributed by atoms with E-state index in [1.165, 1.54) is 0 Å². The molecule has 0 aromatic rings. The first-order valence-corrected chi connectivity index (χ1v) is 4.78. The van der Waals surface area contributed by atoms with Crippen molar-refractivity contribution in [1.82, 2.24) is 0 Å². The first kappa shape index (κ1) is 11.5. The van der Waals surface area contributed by atoms with Gasteiger partial charge in [0.2, 0.25) is 0 Å². The smallest absolute Gasteiger partial charge is 0.309 e. The first-order chi connectivity index (χ1) is 5.55. The van der Waals surface area contributed by atoms with E-state index in [-0.39, 0.29) is 17.5 Å². The minimum atomic E-state index is -0.211. The lowest BCUT2D eigenvalue weighted by Crippen LogP contribution is -2.17. The second-order valence-corrected chi connectivity index (χ2v) is 3.49. The second kappa shape index (κ2) is 4.48. The molecule has 0 amide bonds. The molecule has 0 bridgehead atoms. The Hall–Kier alpha value is -0.530. The molecule has 1 fully saturated rings. The fourth-order valence-electron chi connectivity index (χ4n) is 1.39. The number of esters is 1. The predicted octanol–water partition coefficient (Wildman–Crippen LogP) is 2.76. The van der Waals surface area contributed by atoms with Crippen molar-refractivity contribution in [1.29, 1.82) is 0 Å². The van der Waals surface area contributed by atoms with E-state index in [1.54, 1.807) is 0 Å². The van der Waals surface area contributed by atoms with Crippen LogP contribution < -0.4 is 0 Å². The van der Waals surface area contributed by atoms with Crippen molar-refractivity contribution < 1.29 is 9.53 Å². The third kappa shape index (κ3) is 2.84. The molecule has 0 saturated carbocycles. The van der Waals surface area contributed by atoms with Gasteiger partial charge in [-0.3, -0.25) is 4.79 Å². The molecule has 1 unspecified atom stereocenters. The molecule has 1 atom stereocenters. The molecule has 1 rings (SSSR count). The van der Waals surface area contributed by atoms with Crippen molar-refractivity contribution in [2.24, 2.45) is 5.92 Å². The van der Waals surface area contributed by atoms with E-state index in [9.17, 15) is 4.79 Å². The molecule has 0 radical (unpaired) electrons. The summed E-state index contributed by atoms with van der Waals surface area (Å²) in [6.07, 6.45) is 1.78. The van der Waals surface area contributed by atoms with Crippen molar-refractivity contribution in [3.63, 3.8) is 0 Å². The molecule has 1 aliphatic heterocycles. The summed E-state index contributed by atoms with van der Waals surface area (Å²) in [6, 6.07) is 0. The highest BCUT2D eigenvalue weighted by molar-refractivity contribution is 5.75. The van der Waals surface area contributed by atoms with Gasteiger partial charge in [-0.05, 0) is 26.7 Å². The van der Waals surface area contributed by atoms with Crippen molar-refractivity contribution in [3.8, 4) is 0 Å². The molecule has 2 heteroatoms. The van der Waals surface area contributed by atoms with Crippen molar-refractivity contribution in [2.45, 2.75) is 53.1 Å². The fourth-order valence-corrected chi connectivity index (χ4v) is 1.39. The van der Waals surface area contributed by atoms with E-state index in [0.29, 0.717) is 0 Å². The van der Waals surface area contributed by atoms with Crippen LogP contribution in [0.1, 0.15) is 47.5 Å². The lowest BCUT2D eigenvalue weighted by molar-refractivity contribution is -0.148. The van der Waals surface area contributed by atoms with Gasteiger partial charge in [-0.2, -0.15) is 0 Å². The van der Waals surface area contributed by atoms with Gasteiger partial charge in [0.25, 0.3) is 0 Å². The number of cyclic esters (lactones) is 1. The average molecular weight is 172 g/mol. The Bertz CT molecular complexity index is 150. The summed E-state index contributed by atoms with van der Waals surface area (Å²) in [7, 11) is 0. The molecule has 1 aliphatic rings. The van der Waals surface area contributed by atoms with Crippen LogP contribution in [-0.2, 0) is 9.53 Å². The minimum Gasteiger partial charge on any atom is -0.459 e. The second-order valence-electron chi connectivity index (χ2n) is 3.49. The highest BCUT2D eigenvalue weighted by Gasteiger charge is 2.38. The maximum atomic E-state index is 11.0. The van der Waals surface area contributed by atoms with E-state index in [2.05, 4.69) is 0 Å². The van der Waals surface area contributed by atoms with Crippen LogP contribution >= 0.6 is 0 Å². The van der Waals surface area contributed by atoms with E-state index in [1.807, 2.05) is 34.6 Å². The summed E-state index contributed by atoms with van der Waals surface area (Å²) in [4.78, 5) is 11.0. The molecular formula is C10H20O2. The van der Waals surface area contributed by atoms with Gasteiger partial charge < -0.3 is 4.74 Å². The van der Waals surface area contributed by atoms with Crippen LogP contribution in [-0.4, -0.2) is 11.6 Å². The Morgan fingerprint density at radius 1 is 1.50 bits per heavy atom. The summed E-state index contributed by atoms with van der Waals surface area (Å²) in [5, 5.41) is 0. The zero-order chi connectivity index (χ0) is 9.78. The molecule has 0 N–H and O–H groups in total. The number of hydrogen-bond donors (Lipinski definition) is 0. The maximum Gasteiger partial charge on any atom is 0.309 e. The predicted molar refractivity (Wildman–Crippen MR) is 49.9 cm³/mol. The minimum absolute atomic E-state index is 0.0208. The first-order valence-electron chi connectivity index (χ1n) is 4.78. The Morgan fingerprint density at radius 3 is 2.17 bits per heavy atom. The number of rotatable bonds is 1. The molecule has 72 valence electrons. The number of ether oxygens (including phenoxy) is 1. The Morgan fingerprint density at radius 2 is 2.00 bits per heavy atom. The molecule has 0 spiro atoms. The summed E-state index contributed by atoms with van der Waals surface area (Å²) < 4.78 is 5.11. The normalized spacial score (nSPS) is 25.8. The van der Waals surface area contributed by atoms with Crippen LogP contribution in [0.2, 0.25) is 0 Å². The van der Waals surface area contributed by atoms with Crippen LogP contribution in [0.4, 0.5) is 0 Å². The molecule has 0 aromatic carbocycles. The summed E-state index contributed by atoms with van der Waals surface area (Å²) in [6.45, 7) is 9.94. The third-order valence-electron chi connectivity index (χ3n) is 1.94. The SMILES string of the molecule is CC.CCC1CC(C)(C)OC1=O. The van der Waals surface area contributed by atoms with Gasteiger partial charge in [0.1, 0.15) is 5.60 Å². The van der Waals surface area contributed by atoms with Crippen LogP contribution in [0.5, 0.6) is 0 Å². The third-order valence-corrected chi connectivity index (χ3v) is 1.94. The lowest BCUT2D eigenvalue weighted by Gasteiger charge is -2.14. The topological polar surface area (TPSA) is 26.3 Å². The molecule has 2 nitrogen and oxygen atoms in total. The molecule has 0 aromatic heterocycles. The largest absolute Gasteiger partial charge is 0.459 e. The van der Waals surface area contributed by atoms with Gasteiger partial charge in [0, 0.05) is 0 Å². The Kier molecular flexibility index (Phi) is 4.29. The molecule has 1 heterocycles. The highest BCUT2D eigenvalue weighted by Crippen LogP contribution is 2.31. The quantitative estimate of drug-likeness (QED) is 0.568. The van der Waals surface area contributed by atoms with Crippen LogP contribution in [0.3, 0.4) is 0 Å². The van der Waals surface area contributed by atoms with Crippen LogP contribution in [0.15, 0.2) is 0 Å². The number of carbonyl (C=O) groups excluding carboxylic acids is 1. The summed E-state index contributed by atoms with van der Waals surface area (Å²) in [5.74, 6) is 0.127. The molecule has 1 saturated heterocycles. The van der Waals surface area contributed by atoms with E-state index >= 15 is 0 Å². The van der Waals surface area contributed by atoms with Gasteiger partial charge in [0.05, 0.1) is 5.92 Å². The Labute approximate surface area is 75.3 Å². The van der Waals surface area contributed by atoms with Gasteiger partial charge in [-0.1, -0.05) is 20.8 Å². The van der Waals surface area contributed by atoms with Crippen LogP contribution in [0, 0.1) is 5.92 Å². The molecule has 12 heavy (non-hydrogen) atoms. The van der Waals surface area contributed by atoms with Gasteiger partial charge in [-0.25, -0.2) is 0 Å². The summed E-state index contributed by atoms with van der Waals surface area (Å²) >= 11 is 0. The summed E-state index contributed by atoms with van der Waals surface area (Å²) in [5.41, 5.74) is -0.211. The maximum absolute atomic E-state index is 11.0. The standard InChI is InChI=1S/C8H14O2.C2H6/c1-4-6-5-8(2,3)10-7(6)9;1-2/h6H,4-5H2,1-3H3;1-2H3. The zero-order valence-electron chi connectivity index (χ0n) is 8.81. The van der Waals surface area contributed by atoms with E-state index in [0.717, 1.165) is 12.8 Å². The average Bonchev–Trinajstić information content (AvgIpc) is 2.28.